The molecule has 1 aliphatic rings. The number of furan rings is 1. The molecule has 2 nitrogen and oxygen atoms in total. The molecule has 0 unspecified atom stereocenters. The van der Waals surface area contributed by atoms with Crippen molar-refractivity contribution in [2.75, 3.05) is 6.54 Å². The largest absolute Gasteiger partial charge is 0.469 e. The van der Waals surface area contributed by atoms with E-state index in [1.54, 1.807) is 6.26 Å². The van der Waals surface area contributed by atoms with Crippen LogP contribution in [-0.4, -0.2) is 12.6 Å². The molecule has 0 aromatic carbocycles. The molecule has 1 aliphatic carbocycles. The Bertz CT molecular complexity index is 273. The summed E-state index contributed by atoms with van der Waals surface area (Å²) in [5, 5.41) is 3.58. The van der Waals surface area contributed by atoms with E-state index < -0.39 is 0 Å². The highest BCUT2D eigenvalue weighted by Gasteiger charge is 2.30. The van der Waals surface area contributed by atoms with Crippen molar-refractivity contribution in [2.24, 2.45) is 11.8 Å². The van der Waals surface area contributed by atoms with Gasteiger partial charge in [-0.25, -0.2) is 0 Å². The number of nitrogens with one attached hydrogen (secondary N) is 1. The Kier molecular flexibility index (Phi) is 3.47. The van der Waals surface area contributed by atoms with E-state index in [9.17, 15) is 0 Å². The van der Waals surface area contributed by atoms with Crippen molar-refractivity contribution in [3.05, 3.63) is 24.2 Å². The fraction of sp³-hybridized carbons (Fsp3) is 0.692. The van der Waals surface area contributed by atoms with Gasteiger partial charge in [0.1, 0.15) is 5.76 Å². The van der Waals surface area contributed by atoms with Gasteiger partial charge in [-0.05, 0) is 36.8 Å². The molecule has 1 heterocycles. The molecule has 0 amide bonds. The lowest BCUT2D eigenvalue weighted by Gasteiger charge is -2.38. The van der Waals surface area contributed by atoms with Crippen molar-refractivity contribution in [3.8, 4) is 0 Å². The Balaban J connectivity index is 1.57. The summed E-state index contributed by atoms with van der Waals surface area (Å²) in [5.74, 6) is 2.89. The first-order chi connectivity index (χ1) is 7.25. The molecular formula is C13H21NO. The van der Waals surface area contributed by atoms with Gasteiger partial charge < -0.3 is 9.73 Å². The first-order valence-electron chi connectivity index (χ1n) is 6.01. The van der Waals surface area contributed by atoms with E-state index in [2.05, 4.69) is 19.2 Å². The molecule has 84 valence electrons. The van der Waals surface area contributed by atoms with E-state index in [-0.39, 0.29) is 0 Å². The molecule has 0 atom stereocenters. The molecule has 0 radical (unpaired) electrons. The third-order valence-corrected chi connectivity index (χ3v) is 3.50. The Morgan fingerprint density at radius 2 is 2.27 bits per heavy atom. The zero-order chi connectivity index (χ0) is 10.7. The van der Waals surface area contributed by atoms with Gasteiger partial charge in [0.2, 0.25) is 0 Å². The molecule has 0 spiro atoms. The predicted octanol–water partition coefficient (Wildman–Crippen LogP) is 2.85. The Labute approximate surface area is 92.1 Å². The third-order valence-electron chi connectivity index (χ3n) is 3.50. The van der Waals surface area contributed by atoms with Crippen LogP contribution in [0, 0.1) is 11.8 Å². The van der Waals surface area contributed by atoms with Crippen LogP contribution in [0.4, 0.5) is 0 Å². The van der Waals surface area contributed by atoms with Crippen LogP contribution in [0.2, 0.25) is 0 Å². The predicted molar refractivity (Wildman–Crippen MR) is 61.8 cm³/mol. The molecule has 1 fully saturated rings. The van der Waals surface area contributed by atoms with Gasteiger partial charge in [0.05, 0.1) is 6.26 Å². The minimum atomic E-state index is 0.757. The molecule has 0 saturated heterocycles. The molecule has 1 N–H and O–H groups in total. The fourth-order valence-corrected chi connectivity index (χ4v) is 2.23. The monoisotopic (exact) mass is 207 g/mol. The van der Waals surface area contributed by atoms with Crippen LogP contribution in [0.3, 0.4) is 0 Å². The van der Waals surface area contributed by atoms with Gasteiger partial charge in [-0.15, -0.1) is 0 Å². The highest BCUT2D eigenvalue weighted by atomic mass is 16.3. The molecule has 1 saturated carbocycles. The highest BCUT2D eigenvalue weighted by Crippen LogP contribution is 2.33. The molecule has 1 aromatic heterocycles. The zero-order valence-corrected chi connectivity index (χ0v) is 9.70. The third kappa shape index (κ3) is 2.85. The summed E-state index contributed by atoms with van der Waals surface area (Å²) in [7, 11) is 0. The molecular weight excluding hydrogens is 186 g/mol. The molecule has 0 aliphatic heterocycles. The first kappa shape index (κ1) is 10.7. The maximum absolute atomic E-state index is 5.29. The van der Waals surface area contributed by atoms with Crippen LogP contribution in [0.25, 0.3) is 0 Å². The van der Waals surface area contributed by atoms with Gasteiger partial charge in [0, 0.05) is 19.0 Å². The van der Waals surface area contributed by atoms with Crippen molar-refractivity contribution in [3.63, 3.8) is 0 Å². The van der Waals surface area contributed by atoms with Crippen LogP contribution in [0.5, 0.6) is 0 Å². The topological polar surface area (TPSA) is 25.2 Å². The highest BCUT2D eigenvalue weighted by molar-refractivity contribution is 4.98. The normalized spacial score (nSPS) is 25.5. The van der Waals surface area contributed by atoms with E-state index in [0.29, 0.717) is 0 Å². The quantitative estimate of drug-likeness (QED) is 0.803. The van der Waals surface area contributed by atoms with Gasteiger partial charge in [-0.3, -0.25) is 0 Å². The molecule has 2 rings (SSSR count). The second-order valence-electron chi connectivity index (χ2n) is 4.96. The second kappa shape index (κ2) is 4.84. The van der Waals surface area contributed by atoms with Crippen LogP contribution in [-0.2, 0) is 6.42 Å². The number of rotatable bonds is 5. The van der Waals surface area contributed by atoms with Crippen molar-refractivity contribution < 1.29 is 4.42 Å². The average molecular weight is 207 g/mol. The molecule has 15 heavy (non-hydrogen) atoms. The minimum absolute atomic E-state index is 0.757. The lowest BCUT2D eigenvalue weighted by atomic mass is 9.74. The van der Waals surface area contributed by atoms with Crippen molar-refractivity contribution in [2.45, 2.75) is 39.2 Å². The van der Waals surface area contributed by atoms with Gasteiger partial charge in [0.15, 0.2) is 0 Å². The van der Waals surface area contributed by atoms with E-state index in [1.807, 2.05) is 12.1 Å². The van der Waals surface area contributed by atoms with Gasteiger partial charge in [-0.1, -0.05) is 13.8 Å². The molecule has 1 aromatic rings. The lowest BCUT2D eigenvalue weighted by molar-refractivity contribution is 0.169. The van der Waals surface area contributed by atoms with Crippen molar-refractivity contribution in [1.82, 2.24) is 5.32 Å². The summed E-state index contributed by atoms with van der Waals surface area (Å²) in [5.41, 5.74) is 0. The van der Waals surface area contributed by atoms with Gasteiger partial charge in [-0.2, -0.15) is 0 Å². The summed E-state index contributed by atoms with van der Waals surface area (Å²) >= 11 is 0. The lowest BCUT2D eigenvalue weighted by Crippen LogP contribution is -2.43. The fourth-order valence-electron chi connectivity index (χ4n) is 2.23. The average Bonchev–Trinajstić information content (AvgIpc) is 2.60. The summed E-state index contributed by atoms with van der Waals surface area (Å²) in [4.78, 5) is 0. The van der Waals surface area contributed by atoms with Crippen LogP contribution in [0.1, 0.15) is 32.4 Å². The van der Waals surface area contributed by atoms with E-state index >= 15 is 0 Å². The number of hydrogen-bond donors (Lipinski definition) is 1. The number of hydrogen-bond acceptors (Lipinski definition) is 2. The minimum Gasteiger partial charge on any atom is -0.469 e. The Morgan fingerprint density at radius 1 is 1.47 bits per heavy atom. The summed E-state index contributed by atoms with van der Waals surface area (Å²) in [6.07, 6.45) is 5.47. The van der Waals surface area contributed by atoms with Crippen LogP contribution >= 0.6 is 0 Å². The van der Waals surface area contributed by atoms with E-state index in [0.717, 1.165) is 36.6 Å². The van der Waals surface area contributed by atoms with Crippen molar-refractivity contribution in [1.29, 1.82) is 0 Å². The van der Waals surface area contributed by atoms with E-state index in [4.69, 9.17) is 4.42 Å². The molecule has 0 bridgehead atoms. The SMILES string of the molecule is CC(C)C1CC(NCCc2ccco2)C1. The summed E-state index contributed by atoms with van der Waals surface area (Å²) in [6.45, 7) is 5.69. The van der Waals surface area contributed by atoms with Crippen LogP contribution < -0.4 is 5.32 Å². The maximum atomic E-state index is 5.29. The van der Waals surface area contributed by atoms with Gasteiger partial charge >= 0.3 is 0 Å². The second-order valence-corrected chi connectivity index (χ2v) is 4.96. The van der Waals surface area contributed by atoms with E-state index in [1.165, 1.54) is 12.8 Å². The smallest absolute Gasteiger partial charge is 0.105 e. The Hall–Kier alpha value is -0.760. The Morgan fingerprint density at radius 3 is 2.87 bits per heavy atom. The molecule has 2 heteroatoms. The first-order valence-corrected chi connectivity index (χ1v) is 6.01. The van der Waals surface area contributed by atoms with Gasteiger partial charge in [0.25, 0.3) is 0 Å². The van der Waals surface area contributed by atoms with Crippen LogP contribution in [0.15, 0.2) is 22.8 Å². The maximum Gasteiger partial charge on any atom is 0.105 e. The standard InChI is InChI=1S/C13H21NO/c1-10(2)11-8-12(9-11)14-6-5-13-4-3-7-15-13/h3-4,7,10-12,14H,5-6,8-9H2,1-2H3. The summed E-state index contributed by atoms with van der Waals surface area (Å²) < 4.78 is 5.29. The zero-order valence-electron chi connectivity index (χ0n) is 9.70. The van der Waals surface area contributed by atoms with Crippen molar-refractivity contribution >= 4 is 0 Å². The summed E-state index contributed by atoms with van der Waals surface area (Å²) in [6, 6.07) is 4.75.